The van der Waals surface area contributed by atoms with Crippen LogP contribution in [0.5, 0.6) is 23.0 Å². The van der Waals surface area contributed by atoms with Crippen LogP contribution in [0.1, 0.15) is 11.1 Å². The zero-order valence-electron chi connectivity index (χ0n) is 39.7. The molecule has 6 heteroatoms. The van der Waals surface area contributed by atoms with Gasteiger partial charge in [0, 0.05) is 40.6 Å². The Kier molecular flexibility index (Phi) is 8.17. The Morgan fingerprint density at radius 3 is 1.25 bits per heavy atom. The summed E-state index contributed by atoms with van der Waals surface area (Å²) in [5, 5.41) is 7.87. The molecular formula is C66H42B2N2O2. The van der Waals surface area contributed by atoms with Crippen LogP contribution in [0.4, 0.5) is 34.1 Å². The maximum atomic E-state index is 7.40. The van der Waals surface area contributed by atoms with Crippen molar-refractivity contribution in [2.24, 2.45) is 0 Å². The van der Waals surface area contributed by atoms with Crippen molar-refractivity contribution in [2.45, 2.75) is 13.8 Å². The van der Waals surface area contributed by atoms with Crippen molar-refractivity contribution < 1.29 is 9.47 Å². The third kappa shape index (κ3) is 5.55. The number of hydrogen-bond donors (Lipinski definition) is 0. The molecule has 4 nitrogen and oxygen atoms in total. The van der Waals surface area contributed by atoms with Gasteiger partial charge in [-0.3, -0.25) is 0 Å². The third-order valence-electron chi connectivity index (χ3n) is 15.9. The first-order valence-corrected chi connectivity index (χ1v) is 25.0. The minimum atomic E-state index is -0.0873. The highest BCUT2D eigenvalue weighted by Crippen LogP contribution is 2.49. The maximum absolute atomic E-state index is 7.40. The van der Waals surface area contributed by atoms with Gasteiger partial charge in [-0.05, 0) is 174 Å². The predicted octanol–water partition coefficient (Wildman–Crippen LogP) is 13.3. The van der Waals surface area contributed by atoms with E-state index in [0.29, 0.717) is 0 Å². The average molecular weight is 917 g/mol. The van der Waals surface area contributed by atoms with E-state index in [9.17, 15) is 0 Å². The summed E-state index contributed by atoms with van der Waals surface area (Å²) in [5.74, 6) is 3.66. The van der Waals surface area contributed by atoms with Gasteiger partial charge in [0.25, 0.3) is 13.4 Å². The topological polar surface area (TPSA) is 24.9 Å². The summed E-state index contributed by atoms with van der Waals surface area (Å²) < 4.78 is 14.2. The van der Waals surface area contributed by atoms with Gasteiger partial charge in [0.15, 0.2) is 0 Å². The van der Waals surface area contributed by atoms with Gasteiger partial charge in [0.2, 0.25) is 0 Å². The molecule has 12 aromatic rings. The smallest absolute Gasteiger partial charge is 0.252 e. The molecule has 0 spiro atoms. The van der Waals surface area contributed by atoms with Crippen molar-refractivity contribution in [1.29, 1.82) is 0 Å². The van der Waals surface area contributed by atoms with Crippen LogP contribution >= 0.6 is 0 Å². The van der Waals surface area contributed by atoms with Gasteiger partial charge in [-0.1, -0.05) is 144 Å². The number of hydrogen-bond acceptors (Lipinski definition) is 4. The molecule has 4 aliphatic rings. The molecule has 0 unspecified atom stereocenters. The minimum absolute atomic E-state index is 0.0456. The van der Waals surface area contributed by atoms with Gasteiger partial charge in [-0.25, -0.2) is 0 Å². The molecule has 4 aliphatic heterocycles. The number of aryl methyl sites for hydroxylation is 2. The fourth-order valence-corrected chi connectivity index (χ4v) is 13.1. The van der Waals surface area contributed by atoms with Gasteiger partial charge in [0.05, 0.1) is 5.69 Å². The lowest BCUT2D eigenvalue weighted by molar-refractivity contribution is 0.487. The summed E-state index contributed by atoms with van der Waals surface area (Å²) in [6, 6.07) is 80.3. The van der Waals surface area contributed by atoms with Crippen molar-refractivity contribution in [3.8, 4) is 45.3 Å². The Hall–Kier alpha value is -8.99. The summed E-state index contributed by atoms with van der Waals surface area (Å²) in [6.07, 6.45) is 0. The Morgan fingerprint density at radius 2 is 0.722 bits per heavy atom. The molecule has 0 saturated heterocycles. The van der Waals surface area contributed by atoms with E-state index in [1.807, 2.05) is 0 Å². The molecule has 0 amide bonds. The monoisotopic (exact) mass is 916 g/mol. The molecule has 4 heterocycles. The molecule has 72 heavy (non-hydrogen) atoms. The van der Waals surface area contributed by atoms with Crippen LogP contribution in [0.3, 0.4) is 0 Å². The van der Waals surface area contributed by atoms with E-state index in [1.54, 1.807) is 0 Å². The molecule has 0 N–H and O–H groups in total. The molecule has 334 valence electrons. The second kappa shape index (κ2) is 14.8. The van der Waals surface area contributed by atoms with Crippen LogP contribution in [0.25, 0.3) is 54.6 Å². The van der Waals surface area contributed by atoms with E-state index in [-0.39, 0.29) is 13.4 Å². The molecule has 16 rings (SSSR count). The van der Waals surface area contributed by atoms with Gasteiger partial charge in [-0.15, -0.1) is 0 Å². The van der Waals surface area contributed by atoms with Crippen molar-refractivity contribution in [2.75, 3.05) is 9.80 Å². The van der Waals surface area contributed by atoms with Crippen LogP contribution in [-0.4, -0.2) is 13.4 Å². The second-order valence-corrected chi connectivity index (χ2v) is 20.1. The fraction of sp³-hybridized carbons (Fsp3) is 0.0303. The van der Waals surface area contributed by atoms with Crippen LogP contribution in [-0.2, 0) is 0 Å². The summed E-state index contributed by atoms with van der Waals surface area (Å²) >= 11 is 0. The van der Waals surface area contributed by atoms with Gasteiger partial charge in [0.1, 0.15) is 23.0 Å². The number of rotatable bonds is 6. The average Bonchev–Trinajstić information content (AvgIpc) is 3.41. The summed E-state index contributed by atoms with van der Waals surface area (Å²) in [7, 11) is 0. The van der Waals surface area contributed by atoms with Crippen LogP contribution in [0, 0.1) is 13.8 Å². The highest BCUT2D eigenvalue weighted by molar-refractivity contribution is 7.01. The van der Waals surface area contributed by atoms with Crippen molar-refractivity contribution >= 4 is 113 Å². The Morgan fingerprint density at radius 1 is 0.292 bits per heavy atom. The van der Waals surface area contributed by atoms with Gasteiger partial charge >= 0.3 is 0 Å². The first kappa shape index (κ1) is 39.8. The second-order valence-electron chi connectivity index (χ2n) is 20.1. The molecule has 0 bridgehead atoms. The highest BCUT2D eigenvalue weighted by Gasteiger charge is 2.44. The molecule has 12 aromatic carbocycles. The largest absolute Gasteiger partial charge is 0.458 e. The lowest BCUT2D eigenvalue weighted by Gasteiger charge is -2.37. The number of para-hydroxylation sites is 4. The number of benzene rings is 12. The Labute approximate surface area is 418 Å². The van der Waals surface area contributed by atoms with Crippen LogP contribution in [0.2, 0.25) is 0 Å². The molecule has 0 fully saturated rings. The van der Waals surface area contributed by atoms with Crippen LogP contribution < -0.4 is 52.1 Å². The Balaban J connectivity index is 0.991. The fourth-order valence-electron chi connectivity index (χ4n) is 13.1. The lowest BCUT2D eigenvalue weighted by atomic mass is 9.32. The minimum Gasteiger partial charge on any atom is -0.458 e. The molecule has 0 atom stereocenters. The van der Waals surface area contributed by atoms with E-state index >= 15 is 0 Å². The van der Waals surface area contributed by atoms with E-state index in [2.05, 4.69) is 242 Å². The Bertz CT molecular complexity index is 4180. The highest BCUT2D eigenvalue weighted by atomic mass is 16.5. The summed E-state index contributed by atoms with van der Waals surface area (Å²) in [6.45, 7) is 4.31. The lowest BCUT2D eigenvalue weighted by Crippen LogP contribution is -2.58. The number of ether oxygens (including phenoxy) is 2. The van der Waals surface area contributed by atoms with Gasteiger partial charge in [-0.2, -0.15) is 0 Å². The first-order chi connectivity index (χ1) is 35.5. The van der Waals surface area contributed by atoms with E-state index in [0.717, 1.165) is 57.1 Å². The zero-order valence-corrected chi connectivity index (χ0v) is 39.7. The number of anilines is 6. The van der Waals surface area contributed by atoms with Crippen molar-refractivity contribution in [3.63, 3.8) is 0 Å². The first-order valence-electron chi connectivity index (χ1n) is 25.0. The molecule has 0 aliphatic carbocycles. The molecule has 0 saturated carbocycles. The summed E-state index contributed by atoms with van der Waals surface area (Å²) in [5.41, 5.74) is 21.3. The molecule has 0 radical (unpaired) electrons. The van der Waals surface area contributed by atoms with Crippen molar-refractivity contribution in [1.82, 2.24) is 0 Å². The SMILES string of the molecule is Cc1ccc2c(c1)Oc1cc(C)cc3c1B2c1cc2ccc4c5c(cc6ccc-3c1c6c25)B1c2ccc(N(c3ccccc3)c3ccccc3)cc2Oc2cc(N(c3ccccc3)c3ccccc3)cc-4c21. The zero-order chi connectivity index (χ0) is 47.3. The molecular weight excluding hydrogens is 874 g/mol. The quantitative estimate of drug-likeness (QED) is 0.123. The maximum Gasteiger partial charge on any atom is 0.252 e. The third-order valence-corrected chi connectivity index (χ3v) is 15.9. The normalized spacial score (nSPS) is 13.0. The molecule has 0 aromatic heterocycles. The van der Waals surface area contributed by atoms with E-state index < -0.39 is 0 Å². The van der Waals surface area contributed by atoms with Crippen LogP contribution in [0.15, 0.2) is 218 Å². The predicted molar refractivity (Wildman–Crippen MR) is 302 cm³/mol. The van der Waals surface area contributed by atoms with Gasteiger partial charge < -0.3 is 19.3 Å². The number of nitrogens with zero attached hydrogens (tertiary/aromatic N) is 2. The number of fused-ring (bicyclic) bond motifs is 8. The standard InChI is InChI=1S/C66H42B2N2O2/c1-39-23-29-53-57(32-39)71-59-33-40(2)31-51-49-27-24-41-35-56-64-50(28-25-42-34-55(67(53)65(51)59)63(49)61(41)62(42)64)52-36-48(70(45-19-11-5-12-20-45)46-21-13-6-14-22-46)38-60-66(52)68(56)54-30-26-47(37-58(54)72-60)69(43-15-7-3-8-16-43)44-17-9-4-10-18-44/h3-38H,1-2H3. The van der Waals surface area contributed by atoms with Crippen molar-refractivity contribution in [3.05, 3.63) is 230 Å². The van der Waals surface area contributed by atoms with E-state index in [4.69, 9.17) is 9.47 Å². The van der Waals surface area contributed by atoms with E-state index in [1.165, 1.54) is 98.5 Å². The summed E-state index contributed by atoms with van der Waals surface area (Å²) in [4.78, 5) is 4.69.